The fourth-order valence-electron chi connectivity index (χ4n) is 3.38. The highest BCUT2D eigenvalue weighted by atomic mass is 35.5. The highest BCUT2D eigenvalue weighted by Gasteiger charge is 2.39. The number of carbonyl (C=O) groups is 1. The van der Waals surface area contributed by atoms with E-state index >= 15 is 0 Å². The summed E-state index contributed by atoms with van der Waals surface area (Å²) in [5, 5.41) is 9.07. The maximum Gasteiger partial charge on any atom is 0.306 e. The van der Waals surface area contributed by atoms with Crippen LogP contribution in [0.1, 0.15) is 19.8 Å². The van der Waals surface area contributed by atoms with E-state index in [2.05, 4.69) is 0 Å². The van der Waals surface area contributed by atoms with Gasteiger partial charge in [0, 0.05) is 11.6 Å². The van der Waals surface area contributed by atoms with Crippen molar-refractivity contribution in [2.24, 2.45) is 5.92 Å². The molecule has 1 aliphatic rings. The minimum atomic E-state index is -3.70. The van der Waals surface area contributed by atoms with Gasteiger partial charge in [-0.15, -0.1) is 0 Å². The Balaban J connectivity index is 1.80. The van der Waals surface area contributed by atoms with Crippen LogP contribution in [0.3, 0.4) is 0 Å². The minimum absolute atomic E-state index is 0.0918. The van der Waals surface area contributed by atoms with Gasteiger partial charge in [0.05, 0.1) is 10.8 Å². The van der Waals surface area contributed by atoms with Crippen LogP contribution in [0.2, 0.25) is 5.02 Å². The average molecular weight is 424 g/mol. The molecule has 1 N–H and O–H groups in total. The first-order valence-corrected chi connectivity index (χ1v) is 11.0. The van der Waals surface area contributed by atoms with Crippen LogP contribution < -0.4 is 4.74 Å². The second-order valence-electron chi connectivity index (χ2n) is 6.72. The standard InChI is InChI=1S/C20H22ClNO5S/c1-2-22-12-11-14(20(23)24)13-19(22)28(25,26)18-9-7-17(8-10-18)27-16-5-3-15(21)4-6-16/h3-10,14,19H,2,11-13H2,1H3,(H,23,24). The van der Waals surface area contributed by atoms with E-state index in [0.29, 0.717) is 36.0 Å². The maximum absolute atomic E-state index is 13.1. The molecule has 0 aromatic heterocycles. The molecule has 2 aromatic carbocycles. The van der Waals surface area contributed by atoms with E-state index in [-0.39, 0.29) is 11.3 Å². The van der Waals surface area contributed by atoms with Gasteiger partial charge < -0.3 is 9.84 Å². The molecule has 6 nitrogen and oxygen atoms in total. The third-order valence-electron chi connectivity index (χ3n) is 4.97. The van der Waals surface area contributed by atoms with Crippen molar-refractivity contribution < 1.29 is 23.1 Å². The third-order valence-corrected chi connectivity index (χ3v) is 7.36. The van der Waals surface area contributed by atoms with Gasteiger partial charge in [0.2, 0.25) is 0 Å². The van der Waals surface area contributed by atoms with E-state index in [0.717, 1.165) is 0 Å². The van der Waals surface area contributed by atoms with Gasteiger partial charge in [-0.1, -0.05) is 18.5 Å². The number of nitrogens with zero attached hydrogens (tertiary/aromatic N) is 1. The van der Waals surface area contributed by atoms with Crippen molar-refractivity contribution in [2.75, 3.05) is 13.1 Å². The molecule has 1 saturated heterocycles. The largest absolute Gasteiger partial charge is 0.481 e. The van der Waals surface area contributed by atoms with E-state index in [1.165, 1.54) is 12.1 Å². The van der Waals surface area contributed by atoms with Gasteiger partial charge in [-0.25, -0.2) is 8.42 Å². The van der Waals surface area contributed by atoms with Crippen LogP contribution in [0, 0.1) is 5.92 Å². The molecule has 0 spiro atoms. The van der Waals surface area contributed by atoms with Gasteiger partial charge in [0.25, 0.3) is 0 Å². The minimum Gasteiger partial charge on any atom is -0.481 e. The number of hydrogen-bond donors (Lipinski definition) is 1. The molecule has 0 bridgehead atoms. The Kier molecular flexibility index (Phi) is 6.27. The number of ether oxygens (including phenoxy) is 1. The van der Waals surface area contributed by atoms with Crippen molar-refractivity contribution in [1.29, 1.82) is 0 Å². The molecule has 2 atom stereocenters. The summed E-state index contributed by atoms with van der Waals surface area (Å²) < 4.78 is 32.0. The Labute approximate surface area is 169 Å². The number of hydrogen-bond acceptors (Lipinski definition) is 5. The molecule has 150 valence electrons. The lowest BCUT2D eigenvalue weighted by atomic mass is 9.97. The van der Waals surface area contributed by atoms with E-state index in [9.17, 15) is 18.3 Å². The lowest BCUT2D eigenvalue weighted by Gasteiger charge is -2.36. The number of halogens is 1. The van der Waals surface area contributed by atoms with Crippen molar-refractivity contribution in [3.05, 3.63) is 53.6 Å². The number of aliphatic carboxylic acids is 1. The molecule has 2 unspecified atom stereocenters. The zero-order valence-corrected chi connectivity index (χ0v) is 17.0. The highest BCUT2D eigenvalue weighted by molar-refractivity contribution is 7.92. The quantitative estimate of drug-likeness (QED) is 0.754. The Hall–Kier alpha value is -2.09. The number of rotatable bonds is 6. The van der Waals surface area contributed by atoms with Gasteiger partial charge >= 0.3 is 5.97 Å². The van der Waals surface area contributed by atoms with E-state index < -0.39 is 27.1 Å². The van der Waals surface area contributed by atoms with Gasteiger partial charge in [0.15, 0.2) is 9.84 Å². The lowest BCUT2D eigenvalue weighted by molar-refractivity contribution is -0.143. The Morgan fingerprint density at radius 1 is 1.14 bits per heavy atom. The topological polar surface area (TPSA) is 83.9 Å². The molecule has 1 fully saturated rings. The smallest absolute Gasteiger partial charge is 0.306 e. The van der Waals surface area contributed by atoms with Gasteiger partial charge in [-0.05, 0) is 67.9 Å². The summed E-state index contributed by atoms with van der Waals surface area (Å²) in [4.78, 5) is 13.3. The predicted octanol–water partition coefficient (Wildman–Crippen LogP) is 4.05. The Morgan fingerprint density at radius 3 is 2.25 bits per heavy atom. The molecule has 3 rings (SSSR count). The molecule has 0 aliphatic carbocycles. The molecular formula is C20H22ClNO5S. The first-order chi connectivity index (χ1) is 13.3. The SMILES string of the molecule is CCN1CCC(C(=O)O)CC1S(=O)(=O)c1ccc(Oc2ccc(Cl)cc2)cc1. The number of likely N-dealkylation sites (tertiary alicyclic amines) is 1. The van der Waals surface area contributed by atoms with E-state index in [1.807, 2.05) is 11.8 Å². The molecule has 0 radical (unpaired) electrons. The maximum atomic E-state index is 13.1. The molecule has 8 heteroatoms. The third kappa shape index (κ3) is 4.48. The van der Waals surface area contributed by atoms with E-state index in [4.69, 9.17) is 16.3 Å². The summed E-state index contributed by atoms with van der Waals surface area (Å²) in [5.74, 6) is -0.493. The van der Waals surface area contributed by atoms with Crippen LogP contribution in [-0.2, 0) is 14.6 Å². The molecule has 1 aliphatic heterocycles. The van der Waals surface area contributed by atoms with Crippen LogP contribution in [0.4, 0.5) is 0 Å². The van der Waals surface area contributed by atoms with Crippen molar-refractivity contribution in [3.8, 4) is 11.5 Å². The first-order valence-electron chi connectivity index (χ1n) is 9.05. The predicted molar refractivity (Wildman–Crippen MR) is 107 cm³/mol. The summed E-state index contributed by atoms with van der Waals surface area (Å²) in [7, 11) is -3.70. The summed E-state index contributed by atoms with van der Waals surface area (Å²) in [6.45, 7) is 2.88. The number of carboxylic acid groups (broad SMARTS) is 1. The van der Waals surface area contributed by atoms with Crippen molar-refractivity contribution in [3.63, 3.8) is 0 Å². The number of sulfone groups is 1. The van der Waals surface area contributed by atoms with Crippen LogP contribution in [0.25, 0.3) is 0 Å². The highest BCUT2D eigenvalue weighted by Crippen LogP contribution is 2.31. The summed E-state index contributed by atoms with van der Waals surface area (Å²) in [6, 6.07) is 13.0. The van der Waals surface area contributed by atoms with Crippen LogP contribution in [-0.4, -0.2) is 42.9 Å². The average Bonchev–Trinajstić information content (AvgIpc) is 2.69. The molecule has 1 heterocycles. The molecule has 28 heavy (non-hydrogen) atoms. The molecule has 0 saturated carbocycles. The fraction of sp³-hybridized carbons (Fsp3) is 0.350. The van der Waals surface area contributed by atoms with Crippen LogP contribution in [0.15, 0.2) is 53.4 Å². The van der Waals surface area contributed by atoms with Crippen LogP contribution >= 0.6 is 11.6 Å². The second kappa shape index (κ2) is 8.51. The summed E-state index contributed by atoms with van der Waals surface area (Å²) in [6.07, 6.45) is 0.553. The zero-order chi connectivity index (χ0) is 20.3. The lowest BCUT2D eigenvalue weighted by Crippen LogP contribution is -2.48. The fourth-order valence-corrected chi connectivity index (χ4v) is 5.47. The Bertz CT molecular complexity index is 928. The number of piperidine rings is 1. The normalized spacial score (nSPS) is 20.6. The van der Waals surface area contributed by atoms with Gasteiger partial charge in [0.1, 0.15) is 16.9 Å². The molecular weight excluding hydrogens is 402 g/mol. The zero-order valence-electron chi connectivity index (χ0n) is 15.4. The monoisotopic (exact) mass is 423 g/mol. The summed E-state index contributed by atoms with van der Waals surface area (Å²) >= 11 is 5.85. The van der Waals surface area contributed by atoms with Crippen molar-refractivity contribution in [1.82, 2.24) is 4.90 Å². The van der Waals surface area contributed by atoms with Gasteiger partial charge in [-0.3, -0.25) is 9.69 Å². The van der Waals surface area contributed by atoms with Crippen molar-refractivity contribution >= 4 is 27.4 Å². The number of benzene rings is 2. The van der Waals surface area contributed by atoms with E-state index in [1.54, 1.807) is 36.4 Å². The summed E-state index contributed by atoms with van der Waals surface area (Å²) in [5.41, 5.74) is 0. The molecule has 2 aromatic rings. The number of carboxylic acids is 1. The molecule has 0 amide bonds. The van der Waals surface area contributed by atoms with Gasteiger partial charge in [-0.2, -0.15) is 0 Å². The van der Waals surface area contributed by atoms with Crippen LogP contribution in [0.5, 0.6) is 11.5 Å². The Morgan fingerprint density at radius 2 is 1.71 bits per heavy atom. The first kappa shape index (κ1) is 20.6. The second-order valence-corrected chi connectivity index (χ2v) is 9.26. The van der Waals surface area contributed by atoms with Crippen molar-refractivity contribution in [2.45, 2.75) is 30.0 Å².